The highest BCUT2D eigenvalue weighted by Crippen LogP contribution is 2.44. The van der Waals surface area contributed by atoms with Crippen LogP contribution >= 0.6 is 12.2 Å². The molecule has 0 saturated carbocycles. The topological polar surface area (TPSA) is 53.3 Å². The van der Waals surface area contributed by atoms with E-state index in [-0.39, 0.29) is 17.8 Å². The number of rotatable bonds is 4. The molecular formula is C29H30N4OS. The number of phenols is 1. The van der Waals surface area contributed by atoms with E-state index in [2.05, 4.69) is 72.6 Å². The van der Waals surface area contributed by atoms with Gasteiger partial charge in [-0.2, -0.15) is 0 Å². The minimum atomic E-state index is -0.119. The lowest BCUT2D eigenvalue weighted by Gasteiger charge is -2.28. The van der Waals surface area contributed by atoms with Crippen molar-refractivity contribution in [3.05, 3.63) is 106 Å². The smallest absolute Gasteiger partial charge is 0.174 e. The largest absolute Gasteiger partial charge is 0.508 e. The van der Waals surface area contributed by atoms with E-state index < -0.39 is 0 Å². The fraction of sp³-hybridized carbons (Fsp3) is 0.241. The average Bonchev–Trinajstić information content (AvgIpc) is 3.30. The van der Waals surface area contributed by atoms with Crippen LogP contribution in [0.4, 0.5) is 5.69 Å². The first-order valence-electron chi connectivity index (χ1n) is 11.8. The Hall–Kier alpha value is -3.64. The molecule has 1 fully saturated rings. The highest BCUT2D eigenvalue weighted by Gasteiger charge is 2.42. The Labute approximate surface area is 212 Å². The number of aryl methyl sites for hydroxylation is 4. The summed E-state index contributed by atoms with van der Waals surface area (Å²) < 4.78 is 2.37. The maximum absolute atomic E-state index is 9.88. The quantitative estimate of drug-likeness (QED) is 0.335. The monoisotopic (exact) mass is 482 g/mol. The van der Waals surface area contributed by atoms with E-state index in [1.54, 1.807) is 12.1 Å². The number of thiocarbonyl (C=S) groups is 1. The number of phenolic OH excluding ortho intramolecular Hbond substituents is 1. The van der Waals surface area contributed by atoms with E-state index in [1.807, 2.05) is 36.5 Å². The maximum Gasteiger partial charge on any atom is 0.174 e. The molecule has 4 aromatic rings. The van der Waals surface area contributed by atoms with Crippen LogP contribution in [0.1, 0.15) is 51.4 Å². The van der Waals surface area contributed by atoms with Gasteiger partial charge in [0.25, 0.3) is 0 Å². The van der Waals surface area contributed by atoms with Gasteiger partial charge < -0.3 is 19.9 Å². The van der Waals surface area contributed by atoms with Crippen molar-refractivity contribution in [2.24, 2.45) is 0 Å². The van der Waals surface area contributed by atoms with Crippen LogP contribution in [0, 0.1) is 34.6 Å². The lowest BCUT2D eigenvalue weighted by atomic mass is 9.96. The third kappa shape index (κ3) is 3.98. The van der Waals surface area contributed by atoms with Crippen LogP contribution in [-0.4, -0.2) is 19.8 Å². The molecule has 0 unspecified atom stereocenters. The van der Waals surface area contributed by atoms with E-state index >= 15 is 0 Å². The number of hydrogen-bond donors (Lipinski definition) is 2. The summed E-state index contributed by atoms with van der Waals surface area (Å²) in [5.74, 6) is 0.230. The zero-order valence-electron chi connectivity index (χ0n) is 20.7. The molecule has 1 aliphatic rings. The molecule has 6 heteroatoms. The number of aromatic nitrogens is 2. The van der Waals surface area contributed by atoms with Crippen LogP contribution in [0.5, 0.6) is 5.75 Å². The molecule has 5 rings (SSSR count). The number of anilines is 1. The van der Waals surface area contributed by atoms with Gasteiger partial charge in [0.1, 0.15) is 5.75 Å². The summed E-state index contributed by atoms with van der Waals surface area (Å²) in [4.78, 5) is 6.82. The fourth-order valence-corrected chi connectivity index (χ4v) is 5.86. The molecule has 35 heavy (non-hydrogen) atoms. The first kappa shape index (κ1) is 23.1. The molecule has 2 N–H and O–H groups in total. The zero-order valence-corrected chi connectivity index (χ0v) is 21.5. The van der Waals surface area contributed by atoms with Gasteiger partial charge in [0, 0.05) is 23.3 Å². The Morgan fingerprint density at radius 1 is 0.914 bits per heavy atom. The van der Waals surface area contributed by atoms with E-state index in [1.165, 1.54) is 39.3 Å². The number of nitrogens with one attached hydrogen (secondary N) is 1. The molecule has 2 aromatic heterocycles. The molecule has 3 heterocycles. The molecule has 0 spiro atoms. The second kappa shape index (κ2) is 8.86. The van der Waals surface area contributed by atoms with Crippen LogP contribution in [0.2, 0.25) is 0 Å². The third-order valence-corrected chi connectivity index (χ3v) is 7.19. The number of nitrogens with zero attached hydrogens (tertiary/aromatic N) is 3. The highest BCUT2D eigenvalue weighted by atomic mass is 32.1. The fourth-order valence-electron chi connectivity index (χ4n) is 5.52. The summed E-state index contributed by atoms with van der Waals surface area (Å²) in [6.45, 7) is 10.9. The predicted molar refractivity (Wildman–Crippen MR) is 145 cm³/mol. The summed E-state index contributed by atoms with van der Waals surface area (Å²) in [7, 11) is 0. The van der Waals surface area contributed by atoms with Crippen LogP contribution in [0.3, 0.4) is 0 Å². The molecule has 5 nitrogen and oxygen atoms in total. The van der Waals surface area contributed by atoms with Crippen LogP contribution < -0.4 is 10.2 Å². The van der Waals surface area contributed by atoms with Gasteiger partial charge in [-0.15, -0.1) is 0 Å². The van der Waals surface area contributed by atoms with E-state index in [0.29, 0.717) is 5.11 Å². The van der Waals surface area contributed by atoms with Gasteiger partial charge in [-0.25, -0.2) is 0 Å². The molecule has 0 radical (unpaired) electrons. The molecule has 2 aromatic carbocycles. The number of aromatic hydroxyl groups is 1. The molecule has 178 valence electrons. The molecule has 1 aliphatic heterocycles. The zero-order chi connectivity index (χ0) is 24.9. The van der Waals surface area contributed by atoms with Crippen LogP contribution in [0.15, 0.2) is 66.9 Å². The Bertz CT molecular complexity index is 1390. The number of benzene rings is 2. The van der Waals surface area contributed by atoms with Crippen molar-refractivity contribution < 1.29 is 5.11 Å². The Morgan fingerprint density at radius 3 is 2.23 bits per heavy atom. The standard InChI is InChI=1S/C29H30N4OS/c1-17-14-18(2)27(19(3)15-17)32-20(4)16-24(21(32)5)28-26(25-8-6-7-13-30-25)31-29(35)33(28)22-9-11-23(34)12-10-22/h6-16,26,28,34H,1-5H3,(H,31,35)/t26-,28-/m0/s1. The number of pyridine rings is 1. The summed E-state index contributed by atoms with van der Waals surface area (Å²) in [6, 6.07) is 19.7. The molecule has 0 aliphatic carbocycles. The van der Waals surface area contributed by atoms with Gasteiger partial charge in [-0.05, 0) is 106 Å². The maximum atomic E-state index is 9.88. The van der Waals surface area contributed by atoms with Crippen molar-refractivity contribution in [3.8, 4) is 11.4 Å². The second-order valence-corrected chi connectivity index (χ2v) is 9.81. The summed E-state index contributed by atoms with van der Waals surface area (Å²) in [5.41, 5.74) is 10.4. The second-order valence-electron chi connectivity index (χ2n) is 9.42. The highest BCUT2D eigenvalue weighted by molar-refractivity contribution is 7.80. The van der Waals surface area contributed by atoms with Gasteiger partial charge in [0.15, 0.2) is 5.11 Å². The Morgan fingerprint density at radius 2 is 1.60 bits per heavy atom. The van der Waals surface area contributed by atoms with Gasteiger partial charge in [0.2, 0.25) is 0 Å². The first-order chi connectivity index (χ1) is 16.8. The van der Waals surface area contributed by atoms with Crippen molar-refractivity contribution in [1.82, 2.24) is 14.9 Å². The predicted octanol–water partition coefficient (Wildman–Crippen LogP) is 6.30. The van der Waals surface area contributed by atoms with Crippen molar-refractivity contribution in [2.75, 3.05) is 4.90 Å². The first-order valence-corrected chi connectivity index (χ1v) is 12.2. The summed E-state index contributed by atoms with van der Waals surface area (Å²) in [5, 5.41) is 14.1. The number of hydrogen-bond acceptors (Lipinski definition) is 3. The molecular weight excluding hydrogens is 452 g/mol. The van der Waals surface area contributed by atoms with Crippen LogP contribution in [0.25, 0.3) is 5.69 Å². The minimum Gasteiger partial charge on any atom is -0.508 e. The van der Waals surface area contributed by atoms with Crippen LogP contribution in [-0.2, 0) is 0 Å². The Kier molecular flexibility index (Phi) is 5.85. The van der Waals surface area contributed by atoms with Crippen molar-refractivity contribution >= 4 is 23.0 Å². The third-order valence-electron chi connectivity index (χ3n) is 6.87. The molecule has 0 amide bonds. The molecule has 0 bridgehead atoms. The lowest BCUT2D eigenvalue weighted by molar-refractivity contribution is 0.475. The van der Waals surface area contributed by atoms with E-state index in [4.69, 9.17) is 12.2 Å². The van der Waals surface area contributed by atoms with E-state index in [0.717, 1.165) is 11.4 Å². The average molecular weight is 483 g/mol. The minimum absolute atomic E-state index is 0.104. The van der Waals surface area contributed by atoms with Gasteiger partial charge in [-0.1, -0.05) is 23.8 Å². The van der Waals surface area contributed by atoms with E-state index in [9.17, 15) is 5.11 Å². The van der Waals surface area contributed by atoms with Gasteiger partial charge in [0.05, 0.1) is 23.5 Å². The SMILES string of the molecule is Cc1cc(C)c(-n2c(C)cc([C@H]3[C@H](c4ccccn4)NC(=S)N3c3ccc(O)cc3)c2C)c(C)c1. The molecule has 2 atom stereocenters. The Balaban J connectivity index is 1.71. The van der Waals surface area contributed by atoms with Crippen molar-refractivity contribution in [2.45, 2.75) is 46.7 Å². The molecule has 1 saturated heterocycles. The summed E-state index contributed by atoms with van der Waals surface area (Å²) >= 11 is 5.86. The summed E-state index contributed by atoms with van der Waals surface area (Å²) in [6.07, 6.45) is 1.82. The van der Waals surface area contributed by atoms with Gasteiger partial charge in [-0.3, -0.25) is 4.98 Å². The van der Waals surface area contributed by atoms with Crippen molar-refractivity contribution in [3.63, 3.8) is 0 Å². The van der Waals surface area contributed by atoms with Gasteiger partial charge >= 0.3 is 0 Å². The lowest BCUT2D eigenvalue weighted by Crippen LogP contribution is -2.29. The van der Waals surface area contributed by atoms with Crippen molar-refractivity contribution in [1.29, 1.82) is 0 Å². The normalized spacial score (nSPS) is 17.6.